The van der Waals surface area contributed by atoms with Gasteiger partial charge in [0.2, 0.25) is 0 Å². The Morgan fingerprint density at radius 2 is 1.92 bits per heavy atom. The molecule has 1 aliphatic carbocycles. The third-order valence-electron chi connectivity index (χ3n) is 3.28. The summed E-state index contributed by atoms with van der Waals surface area (Å²) >= 11 is 0. The van der Waals surface area contributed by atoms with E-state index in [1.165, 1.54) is 44.9 Å². The highest BCUT2D eigenvalue weighted by atomic mass is 14.9. The van der Waals surface area contributed by atoms with Crippen LogP contribution in [0, 0.1) is 5.92 Å². The third-order valence-corrected chi connectivity index (χ3v) is 3.28. The quantitative estimate of drug-likeness (QED) is 0.659. The molecule has 1 aliphatic rings. The summed E-state index contributed by atoms with van der Waals surface area (Å²) in [6.45, 7) is 5.67. The van der Waals surface area contributed by atoms with Crippen molar-refractivity contribution in [2.24, 2.45) is 5.92 Å². The maximum Gasteiger partial charge on any atom is 0.00670 e. The van der Waals surface area contributed by atoms with Crippen molar-refractivity contribution in [3.05, 3.63) is 0 Å². The van der Waals surface area contributed by atoms with Gasteiger partial charge in [0.15, 0.2) is 0 Å². The van der Waals surface area contributed by atoms with Crippen LogP contribution in [0.5, 0.6) is 0 Å². The van der Waals surface area contributed by atoms with E-state index >= 15 is 0 Å². The van der Waals surface area contributed by atoms with Crippen LogP contribution in [0.25, 0.3) is 0 Å². The average Bonchev–Trinajstić information content (AvgIpc) is 2.33. The molecule has 0 spiro atoms. The van der Waals surface area contributed by atoms with Crippen LogP contribution < -0.4 is 5.32 Å². The van der Waals surface area contributed by atoms with E-state index in [1.54, 1.807) is 0 Å². The van der Waals surface area contributed by atoms with Crippen molar-refractivity contribution >= 4 is 0 Å². The van der Waals surface area contributed by atoms with Crippen LogP contribution in [-0.4, -0.2) is 12.6 Å². The first kappa shape index (κ1) is 11.0. The topological polar surface area (TPSA) is 12.0 Å². The average molecular weight is 183 g/mol. The van der Waals surface area contributed by atoms with Crippen molar-refractivity contribution in [1.29, 1.82) is 0 Å². The lowest BCUT2D eigenvalue weighted by atomic mass is 9.95. The van der Waals surface area contributed by atoms with Crippen LogP contribution in [-0.2, 0) is 0 Å². The lowest BCUT2D eigenvalue weighted by Crippen LogP contribution is -2.27. The van der Waals surface area contributed by atoms with Crippen molar-refractivity contribution in [3.63, 3.8) is 0 Å². The minimum Gasteiger partial charge on any atom is -0.314 e. The fourth-order valence-electron chi connectivity index (χ4n) is 2.57. The summed E-state index contributed by atoms with van der Waals surface area (Å²) in [5.41, 5.74) is 0. The lowest BCUT2D eigenvalue weighted by Gasteiger charge is -2.15. The second-order valence-electron chi connectivity index (χ2n) is 4.42. The Morgan fingerprint density at radius 3 is 2.62 bits per heavy atom. The van der Waals surface area contributed by atoms with Crippen LogP contribution in [0.3, 0.4) is 0 Å². The van der Waals surface area contributed by atoms with Crippen LogP contribution in [0.1, 0.15) is 58.8 Å². The van der Waals surface area contributed by atoms with Crippen molar-refractivity contribution in [3.8, 4) is 0 Å². The molecule has 1 N–H and O–H groups in total. The Labute approximate surface area is 83.3 Å². The molecule has 0 bridgehead atoms. The lowest BCUT2D eigenvalue weighted by molar-refractivity contribution is 0.412. The molecule has 2 atom stereocenters. The van der Waals surface area contributed by atoms with Crippen LogP contribution in [0.15, 0.2) is 0 Å². The minimum atomic E-state index is 0.826. The van der Waals surface area contributed by atoms with E-state index in [0.29, 0.717) is 0 Å². The number of rotatable bonds is 4. The molecule has 0 saturated heterocycles. The molecular formula is C12H25N. The SMILES string of the molecule is CCCC1CCCC(NCC)CC1. The molecule has 78 valence electrons. The molecule has 2 unspecified atom stereocenters. The van der Waals surface area contributed by atoms with Gasteiger partial charge in [0.05, 0.1) is 0 Å². The highest BCUT2D eigenvalue weighted by Gasteiger charge is 2.16. The zero-order valence-electron chi connectivity index (χ0n) is 9.31. The maximum absolute atomic E-state index is 3.59. The van der Waals surface area contributed by atoms with E-state index in [4.69, 9.17) is 0 Å². The Kier molecular flexibility index (Phi) is 5.45. The van der Waals surface area contributed by atoms with Crippen molar-refractivity contribution in [2.75, 3.05) is 6.54 Å². The summed E-state index contributed by atoms with van der Waals surface area (Å²) in [5, 5.41) is 3.59. The van der Waals surface area contributed by atoms with E-state index in [0.717, 1.165) is 18.5 Å². The van der Waals surface area contributed by atoms with Crippen molar-refractivity contribution < 1.29 is 0 Å². The summed E-state index contributed by atoms with van der Waals surface area (Å²) < 4.78 is 0. The van der Waals surface area contributed by atoms with Gasteiger partial charge in [-0.1, -0.05) is 39.5 Å². The highest BCUT2D eigenvalue weighted by Crippen LogP contribution is 2.26. The zero-order chi connectivity index (χ0) is 9.52. The van der Waals surface area contributed by atoms with Crippen LogP contribution >= 0.6 is 0 Å². The zero-order valence-corrected chi connectivity index (χ0v) is 9.31. The molecule has 13 heavy (non-hydrogen) atoms. The molecule has 1 nitrogen and oxygen atoms in total. The molecule has 1 fully saturated rings. The number of hydrogen-bond donors (Lipinski definition) is 1. The minimum absolute atomic E-state index is 0.826. The Hall–Kier alpha value is -0.0400. The van der Waals surface area contributed by atoms with Crippen LogP contribution in [0.4, 0.5) is 0 Å². The molecule has 0 amide bonds. The predicted molar refractivity (Wildman–Crippen MR) is 58.9 cm³/mol. The van der Waals surface area contributed by atoms with Gasteiger partial charge in [0.25, 0.3) is 0 Å². The van der Waals surface area contributed by atoms with Crippen LogP contribution in [0.2, 0.25) is 0 Å². The molecule has 1 rings (SSSR count). The molecule has 1 saturated carbocycles. The molecule has 1 heteroatoms. The number of hydrogen-bond acceptors (Lipinski definition) is 1. The van der Waals surface area contributed by atoms with Gasteiger partial charge in [-0.05, 0) is 31.7 Å². The van der Waals surface area contributed by atoms with Crippen molar-refractivity contribution in [1.82, 2.24) is 5.32 Å². The van der Waals surface area contributed by atoms with E-state index in [1.807, 2.05) is 0 Å². The second-order valence-corrected chi connectivity index (χ2v) is 4.42. The van der Waals surface area contributed by atoms with Crippen molar-refractivity contribution in [2.45, 2.75) is 64.8 Å². The smallest absolute Gasteiger partial charge is 0.00670 e. The Bertz CT molecular complexity index is 108. The standard InChI is InChI=1S/C12H25N/c1-3-6-11-7-5-8-12(10-9-11)13-4-2/h11-13H,3-10H2,1-2H3. The normalized spacial score (nSPS) is 30.0. The summed E-state index contributed by atoms with van der Waals surface area (Å²) in [4.78, 5) is 0. The third kappa shape index (κ3) is 4.12. The van der Waals surface area contributed by atoms with Gasteiger partial charge in [-0.25, -0.2) is 0 Å². The largest absolute Gasteiger partial charge is 0.314 e. The summed E-state index contributed by atoms with van der Waals surface area (Å²) in [7, 11) is 0. The Balaban J connectivity index is 2.22. The molecule has 0 radical (unpaired) electrons. The Morgan fingerprint density at radius 1 is 1.08 bits per heavy atom. The van der Waals surface area contributed by atoms with Gasteiger partial charge in [-0.2, -0.15) is 0 Å². The first-order valence-corrected chi connectivity index (χ1v) is 6.10. The monoisotopic (exact) mass is 183 g/mol. The first-order chi connectivity index (χ1) is 6.36. The second kappa shape index (κ2) is 6.42. The summed E-state index contributed by atoms with van der Waals surface area (Å²) in [6.07, 6.45) is 10.0. The maximum atomic E-state index is 3.59. The van der Waals surface area contributed by atoms with E-state index < -0.39 is 0 Å². The summed E-state index contributed by atoms with van der Waals surface area (Å²) in [6, 6.07) is 0.826. The summed E-state index contributed by atoms with van der Waals surface area (Å²) in [5.74, 6) is 1.04. The van der Waals surface area contributed by atoms with E-state index in [-0.39, 0.29) is 0 Å². The van der Waals surface area contributed by atoms with Gasteiger partial charge in [0.1, 0.15) is 0 Å². The highest BCUT2D eigenvalue weighted by molar-refractivity contribution is 4.74. The molecule has 0 aromatic rings. The molecule has 0 aliphatic heterocycles. The fraction of sp³-hybridized carbons (Fsp3) is 1.00. The van der Waals surface area contributed by atoms with Gasteiger partial charge in [-0.3, -0.25) is 0 Å². The van der Waals surface area contributed by atoms with Gasteiger partial charge >= 0.3 is 0 Å². The molecule has 0 aromatic carbocycles. The first-order valence-electron chi connectivity index (χ1n) is 6.10. The fourth-order valence-corrected chi connectivity index (χ4v) is 2.57. The van der Waals surface area contributed by atoms with E-state index in [9.17, 15) is 0 Å². The van der Waals surface area contributed by atoms with E-state index in [2.05, 4.69) is 19.2 Å². The predicted octanol–water partition coefficient (Wildman–Crippen LogP) is 3.34. The molecule has 0 aromatic heterocycles. The molecule has 0 heterocycles. The van der Waals surface area contributed by atoms with Gasteiger partial charge in [0, 0.05) is 6.04 Å². The molecular weight excluding hydrogens is 158 g/mol. The van der Waals surface area contributed by atoms with Gasteiger partial charge in [-0.15, -0.1) is 0 Å². The number of nitrogens with one attached hydrogen (secondary N) is 1. The van der Waals surface area contributed by atoms with Gasteiger partial charge < -0.3 is 5.32 Å².